The molecule has 0 spiro atoms. The summed E-state index contributed by atoms with van der Waals surface area (Å²) in [4.78, 5) is 14.3. The van der Waals surface area contributed by atoms with Crippen LogP contribution >= 0.6 is 0 Å². The highest BCUT2D eigenvalue weighted by Gasteiger charge is 2.54. The van der Waals surface area contributed by atoms with E-state index in [1.807, 2.05) is 38.1 Å². The fourth-order valence-electron chi connectivity index (χ4n) is 6.57. The van der Waals surface area contributed by atoms with Gasteiger partial charge in [0.2, 0.25) is 20.0 Å². The molecule has 45 heavy (non-hydrogen) atoms. The highest BCUT2D eigenvalue weighted by Crippen LogP contribution is 2.48. The molecule has 4 aromatic rings. The average Bonchev–Trinajstić information content (AvgIpc) is 3.05. The zero-order chi connectivity index (χ0) is 31.9. The Hall–Kier alpha value is -3.83. The molecule has 234 valence electrons. The second-order valence-corrected chi connectivity index (χ2v) is 15.6. The van der Waals surface area contributed by atoms with Gasteiger partial charge in [0.25, 0.3) is 0 Å². The van der Waals surface area contributed by atoms with Crippen LogP contribution < -0.4 is 4.74 Å². The van der Waals surface area contributed by atoms with Crippen LogP contribution in [0.2, 0.25) is 0 Å². The molecule has 0 saturated carbocycles. The number of hydrogen-bond acceptors (Lipinski definition) is 6. The first-order chi connectivity index (χ1) is 21.5. The average molecular weight is 645 g/mol. The van der Waals surface area contributed by atoms with Crippen LogP contribution in [0.25, 0.3) is 0 Å². The van der Waals surface area contributed by atoms with Crippen LogP contribution in [-0.2, 0) is 24.8 Å². The van der Waals surface area contributed by atoms with Gasteiger partial charge in [-0.3, -0.25) is 4.79 Å². The molecule has 2 saturated heterocycles. The van der Waals surface area contributed by atoms with E-state index in [1.165, 1.54) is 8.61 Å². The van der Waals surface area contributed by atoms with Gasteiger partial charge in [-0.1, -0.05) is 77.9 Å². The molecule has 2 aliphatic heterocycles. The number of carbonyl (C=O) groups is 1. The molecule has 4 atom stereocenters. The molecule has 8 nitrogen and oxygen atoms in total. The van der Waals surface area contributed by atoms with Crippen molar-refractivity contribution in [1.82, 2.24) is 8.61 Å². The number of Topliss-reactive ketones (excluding diaryl/α,β-unsaturated/α-hetero) is 1. The molecule has 4 aromatic carbocycles. The van der Waals surface area contributed by atoms with Crippen LogP contribution in [0.15, 0.2) is 113 Å². The minimum atomic E-state index is -4.11. The Balaban J connectivity index is 1.50. The molecule has 1 unspecified atom stereocenters. The Kier molecular flexibility index (Phi) is 8.43. The van der Waals surface area contributed by atoms with Crippen molar-refractivity contribution in [3.8, 4) is 5.75 Å². The Labute approximate surface area is 265 Å². The van der Waals surface area contributed by atoms with Crippen molar-refractivity contribution in [3.05, 3.63) is 125 Å². The van der Waals surface area contributed by atoms with Crippen molar-refractivity contribution in [2.45, 2.75) is 54.6 Å². The van der Waals surface area contributed by atoms with Crippen molar-refractivity contribution >= 4 is 25.8 Å². The maximum Gasteiger partial charge on any atom is 0.243 e. The molecule has 0 radical (unpaired) electrons. The first kappa shape index (κ1) is 31.2. The summed E-state index contributed by atoms with van der Waals surface area (Å²) in [6.07, 6.45) is 0.0381. The van der Waals surface area contributed by atoms with Gasteiger partial charge in [0, 0.05) is 24.9 Å². The number of ether oxygens (including phenoxy) is 1. The van der Waals surface area contributed by atoms with E-state index in [0.717, 1.165) is 16.7 Å². The minimum absolute atomic E-state index is 0.0762. The SMILES string of the molecule is COc1ccc([C@@H]2CC(=O)[C@@H]3CN(S(=O)(=O)c4ccc(C)cc4)C(c4ccc(C)cc4)C[C@@H]3N2S(=O)(=O)c2ccccc2)cc1. The van der Waals surface area contributed by atoms with Gasteiger partial charge in [0.1, 0.15) is 11.5 Å². The van der Waals surface area contributed by atoms with E-state index in [4.69, 9.17) is 4.74 Å². The summed E-state index contributed by atoms with van der Waals surface area (Å²) in [6.45, 7) is 3.71. The number of fused-ring (bicyclic) bond motifs is 1. The van der Waals surface area contributed by atoms with Crippen LogP contribution in [0.5, 0.6) is 5.75 Å². The van der Waals surface area contributed by atoms with Gasteiger partial charge in [-0.15, -0.1) is 0 Å². The molecule has 0 N–H and O–H groups in total. The second kappa shape index (κ2) is 12.2. The van der Waals surface area contributed by atoms with Gasteiger partial charge in [-0.05, 0) is 67.8 Å². The number of sulfonamides is 2. The largest absolute Gasteiger partial charge is 0.497 e. The molecule has 2 aliphatic rings. The third-order valence-electron chi connectivity index (χ3n) is 9.00. The smallest absolute Gasteiger partial charge is 0.243 e. The number of benzene rings is 4. The molecular weight excluding hydrogens is 609 g/mol. The molecule has 2 heterocycles. The number of methoxy groups -OCH3 is 1. The fraction of sp³-hybridized carbons (Fsp3) is 0.286. The summed E-state index contributed by atoms with van der Waals surface area (Å²) in [5.41, 5.74) is 3.35. The number of piperidine rings is 2. The van der Waals surface area contributed by atoms with Crippen molar-refractivity contribution < 1.29 is 26.4 Å². The van der Waals surface area contributed by atoms with Gasteiger partial charge in [0.15, 0.2) is 0 Å². The van der Waals surface area contributed by atoms with Crippen LogP contribution in [0.1, 0.15) is 47.2 Å². The van der Waals surface area contributed by atoms with Gasteiger partial charge in [-0.2, -0.15) is 8.61 Å². The number of rotatable bonds is 7. The molecule has 0 amide bonds. The Morgan fingerprint density at radius 1 is 0.667 bits per heavy atom. The highest BCUT2D eigenvalue weighted by molar-refractivity contribution is 7.89. The Morgan fingerprint density at radius 3 is 1.80 bits per heavy atom. The monoisotopic (exact) mass is 644 g/mol. The molecule has 0 aliphatic carbocycles. The van der Waals surface area contributed by atoms with E-state index < -0.39 is 44.1 Å². The lowest BCUT2D eigenvalue weighted by atomic mass is 9.77. The topological polar surface area (TPSA) is 101 Å². The predicted molar refractivity (Wildman–Crippen MR) is 172 cm³/mol. The van der Waals surface area contributed by atoms with Gasteiger partial charge >= 0.3 is 0 Å². The Bertz CT molecular complexity index is 1890. The summed E-state index contributed by atoms with van der Waals surface area (Å²) in [5.74, 6) is -0.392. The summed E-state index contributed by atoms with van der Waals surface area (Å²) in [7, 11) is -6.59. The van der Waals surface area contributed by atoms with E-state index in [9.17, 15) is 21.6 Å². The van der Waals surface area contributed by atoms with Gasteiger partial charge in [-0.25, -0.2) is 16.8 Å². The van der Waals surface area contributed by atoms with Crippen molar-refractivity contribution in [1.29, 1.82) is 0 Å². The molecule has 0 bridgehead atoms. The molecule has 2 fully saturated rings. The zero-order valence-corrected chi connectivity index (χ0v) is 27.0. The lowest BCUT2D eigenvalue weighted by molar-refractivity contribution is -0.132. The minimum Gasteiger partial charge on any atom is -0.497 e. The normalized spacial score (nSPS) is 23.0. The van der Waals surface area contributed by atoms with Crippen LogP contribution in [0, 0.1) is 19.8 Å². The van der Waals surface area contributed by atoms with Gasteiger partial charge < -0.3 is 4.74 Å². The number of nitrogens with zero attached hydrogens (tertiary/aromatic N) is 2. The van der Waals surface area contributed by atoms with Crippen LogP contribution in [0.4, 0.5) is 0 Å². The van der Waals surface area contributed by atoms with E-state index >= 15 is 0 Å². The second-order valence-electron chi connectivity index (χ2n) is 11.8. The van der Waals surface area contributed by atoms with Crippen LogP contribution in [-0.4, -0.2) is 50.9 Å². The predicted octanol–water partition coefficient (Wildman–Crippen LogP) is 5.84. The molecule has 0 aromatic heterocycles. The third-order valence-corrected chi connectivity index (χ3v) is 12.8. The highest BCUT2D eigenvalue weighted by atomic mass is 32.2. The van der Waals surface area contributed by atoms with E-state index in [1.54, 1.807) is 86.0 Å². The summed E-state index contributed by atoms with van der Waals surface area (Å²) in [6, 6.07) is 27.3. The van der Waals surface area contributed by atoms with Crippen molar-refractivity contribution in [2.75, 3.05) is 13.7 Å². The van der Waals surface area contributed by atoms with Crippen molar-refractivity contribution in [2.24, 2.45) is 5.92 Å². The lowest BCUT2D eigenvalue weighted by Gasteiger charge is -2.51. The summed E-state index contributed by atoms with van der Waals surface area (Å²) < 4.78 is 65.8. The number of hydrogen-bond donors (Lipinski definition) is 0. The maximum atomic E-state index is 14.5. The zero-order valence-electron chi connectivity index (χ0n) is 25.4. The van der Waals surface area contributed by atoms with Gasteiger partial charge in [0.05, 0.1) is 29.0 Å². The third kappa shape index (κ3) is 5.83. The lowest BCUT2D eigenvalue weighted by Crippen LogP contribution is -2.60. The summed E-state index contributed by atoms with van der Waals surface area (Å²) in [5, 5.41) is 0. The molecule has 6 rings (SSSR count). The summed E-state index contributed by atoms with van der Waals surface area (Å²) >= 11 is 0. The number of ketones is 1. The fourth-order valence-corrected chi connectivity index (χ4v) is 10.1. The van der Waals surface area contributed by atoms with E-state index in [2.05, 4.69) is 0 Å². The number of aryl methyl sites for hydroxylation is 2. The van der Waals surface area contributed by atoms with E-state index in [-0.39, 0.29) is 35.0 Å². The molecular formula is C35H36N2O6S2. The van der Waals surface area contributed by atoms with E-state index in [0.29, 0.717) is 11.3 Å². The standard InChI is InChI=1S/C35H36N2O6S2/c1-24-9-13-26(14-10-24)32-21-34-31(23-36(32)44(39,40)30-19-11-25(2)12-20-30)35(38)22-33(27-15-17-28(43-3)18-16-27)37(34)45(41,42)29-7-5-4-6-8-29/h4-20,31-34H,21-23H2,1-3H3/t31-,32?,33+,34+/m1/s1. The molecule has 10 heteroatoms. The number of carbonyl (C=O) groups excluding carboxylic acids is 1. The Morgan fingerprint density at radius 2 is 1.20 bits per heavy atom. The quantitative estimate of drug-likeness (QED) is 0.251. The first-order valence-corrected chi connectivity index (χ1v) is 17.8. The van der Waals surface area contributed by atoms with Crippen molar-refractivity contribution in [3.63, 3.8) is 0 Å². The maximum absolute atomic E-state index is 14.5. The van der Waals surface area contributed by atoms with Crippen LogP contribution in [0.3, 0.4) is 0 Å². The first-order valence-electron chi connectivity index (χ1n) is 14.9.